The predicted molar refractivity (Wildman–Crippen MR) is 81.0 cm³/mol. The van der Waals surface area contributed by atoms with Crippen molar-refractivity contribution in [2.45, 2.75) is 17.7 Å². The maximum absolute atomic E-state index is 12.4. The molecule has 1 atom stereocenters. The predicted octanol–water partition coefficient (Wildman–Crippen LogP) is 2.85. The number of carbonyl (C=O) groups is 2. The molecule has 2 heterocycles. The third-order valence-corrected chi connectivity index (χ3v) is 4.75. The number of rotatable bonds is 3. The third-order valence-electron chi connectivity index (χ3n) is 3.57. The number of aromatic nitrogens is 1. The zero-order valence-corrected chi connectivity index (χ0v) is 12.2. The molecule has 6 heteroatoms. The number of aromatic amines is 1. The average molecular weight is 302 g/mol. The molecular weight excluding hydrogens is 288 g/mol. The number of hydrogen-bond acceptors (Lipinski definition) is 3. The third kappa shape index (κ3) is 2.42. The normalized spacial score (nSPS) is 16.5. The van der Waals surface area contributed by atoms with E-state index in [9.17, 15) is 14.7 Å². The summed E-state index contributed by atoms with van der Waals surface area (Å²) >= 11 is 1.65. The molecule has 5 nitrogen and oxygen atoms in total. The van der Waals surface area contributed by atoms with Crippen LogP contribution >= 0.6 is 11.8 Å². The van der Waals surface area contributed by atoms with Gasteiger partial charge < -0.3 is 15.4 Å². The first-order valence-electron chi connectivity index (χ1n) is 6.51. The van der Waals surface area contributed by atoms with Crippen molar-refractivity contribution in [1.29, 1.82) is 0 Å². The Morgan fingerprint density at radius 3 is 2.90 bits per heavy atom. The first-order chi connectivity index (χ1) is 10.1. The molecule has 0 fully saturated rings. The van der Waals surface area contributed by atoms with E-state index in [-0.39, 0.29) is 17.4 Å². The van der Waals surface area contributed by atoms with Gasteiger partial charge in [0.15, 0.2) is 0 Å². The molecule has 0 saturated carbocycles. The zero-order valence-electron chi connectivity index (χ0n) is 11.3. The number of carboxylic acids is 1. The van der Waals surface area contributed by atoms with Crippen LogP contribution in [-0.4, -0.2) is 27.7 Å². The Labute approximate surface area is 125 Å². The average Bonchev–Trinajstić information content (AvgIpc) is 3.02. The van der Waals surface area contributed by atoms with E-state index >= 15 is 0 Å². The van der Waals surface area contributed by atoms with Gasteiger partial charge in [-0.1, -0.05) is 18.2 Å². The highest BCUT2D eigenvalue weighted by molar-refractivity contribution is 7.99. The summed E-state index contributed by atoms with van der Waals surface area (Å²) < 4.78 is 0. The van der Waals surface area contributed by atoms with Crippen molar-refractivity contribution in [2.75, 3.05) is 11.1 Å². The van der Waals surface area contributed by atoms with Gasteiger partial charge in [0, 0.05) is 22.5 Å². The van der Waals surface area contributed by atoms with Gasteiger partial charge in [-0.3, -0.25) is 4.79 Å². The van der Waals surface area contributed by atoms with E-state index in [2.05, 4.69) is 10.3 Å². The molecule has 0 aliphatic carbocycles. The number of carbonyl (C=O) groups excluding carboxylic acids is 1. The molecule has 1 unspecified atom stereocenters. The van der Waals surface area contributed by atoms with Gasteiger partial charge in [-0.25, -0.2) is 4.79 Å². The van der Waals surface area contributed by atoms with Crippen LogP contribution in [0.2, 0.25) is 0 Å². The number of nitrogens with one attached hydrogen (secondary N) is 2. The van der Waals surface area contributed by atoms with Crippen LogP contribution in [0.5, 0.6) is 0 Å². The number of thioether (sulfide) groups is 1. The Balaban J connectivity index is 1.84. The van der Waals surface area contributed by atoms with Crippen molar-refractivity contribution in [3.63, 3.8) is 0 Å². The summed E-state index contributed by atoms with van der Waals surface area (Å²) in [5.41, 5.74) is 1.96. The van der Waals surface area contributed by atoms with Gasteiger partial charge in [-0.2, -0.15) is 0 Å². The van der Waals surface area contributed by atoms with Crippen molar-refractivity contribution < 1.29 is 14.7 Å². The first-order valence-corrected chi connectivity index (χ1v) is 7.50. The van der Waals surface area contributed by atoms with Crippen LogP contribution in [0.1, 0.15) is 27.5 Å². The smallest absolute Gasteiger partial charge is 0.339 e. The van der Waals surface area contributed by atoms with Crippen molar-refractivity contribution in [3.05, 3.63) is 47.3 Å². The van der Waals surface area contributed by atoms with Crippen LogP contribution in [-0.2, 0) is 4.79 Å². The quantitative estimate of drug-likeness (QED) is 0.814. The molecule has 3 rings (SSSR count). The van der Waals surface area contributed by atoms with E-state index in [1.165, 1.54) is 6.20 Å². The molecule has 1 aliphatic heterocycles. The number of fused-ring (bicyclic) bond motifs is 1. The van der Waals surface area contributed by atoms with Crippen molar-refractivity contribution >= 4 is 29.3 Å². The number of aromatic carboxylic acids is 1. The number of aryl methyl sites for hydroxylation is 1. The van der Waals surface area contributed by atoms with Crippen molar-refractivity contribution in [1.82, 2.24) is 4.98 Å². The number of benzene rings is 1. The Morgan fingerprint density at radius 1 is 1.38 bits per heavy atom. The Kier molecular flexibility index (Phi) is 3.47. The molecule has 1 aromatic heterocycles. The van der Waals surface area contributed by atoms with Gasteiger partial charge in [0.2, 0.25) is 5.91 Å². The summed E-state index contributed by atoms with van der Waals surface area (Å²) in [4.78, 5) is 27.6. The minimum Gasteiger partial charge on any atom is -0.478 e. The monoisotopic (exact) mass is 302 g/mol. The fraction of sp³-hybridized carbons (Fsp3) is 0.200. The largest absolute Gasteiger partial charge is 0.478 e. The Bertz CT molecular complexity index is 723. The molecule has 1 amide bonds. The lowest BCUT2D eigenvalue weighted by molar-refractivity contribution is -0.117. The van der Waals surface area contributed by atoms with Gasteiger partial charge in [0.1, 0.15) is 5.56 Å². The fourth-order valence-electron chi connectivity index (χ4n) is 2.50. The van der Waals surface area contributed by atoms with Crippen LogP contribution < -0.4 is 5.32 Å². The lowest BCUT2D eigenvalue weighted by Gasteiger charge is -2.11. The zero-order chi connectivity index (χ0) is 15.0. The minimum absolute atomic E-state index is 0.113. The maximum Gasteiger partial charge on any atom is 0.339 e. The highest BCUT2D eigenvalue weighted by Crippen LogP contribution is 2.39. The van der Waals surface area contributed by atoms with Gasteiger partial charge >= 0.3 is 5.97 Å². The molecule has 2 aromatic rings. The van der Waals surface area contributed by atoms with Gasteiger partial charge in [0.05, 0.1) is 11.6 Å². The molecule has 108 valence electrons. The summed E-state index contributed by atoms with van der Waals surface area (Å²) in [6, 6.07) is 7.80. The van der Waals surface area contributed by atoms with Gasteiger partial charge in [-0.15, -0.1) is 11.8 Å². The number of hydrogen-bond donors (Lipinski definition) is 3. The van der Waals surface area contributed by atoms with E-state index in [0.717, 1.165) is 10.5 Å². The fourth-order valence-corrected chi connectivity index (χ4v) is 3.73. The van der Waals surface area contributed by atoms with Crippen LogP contribution in [0, 0.1) is 6.92 Å². The van der Waals surface area contributed by atoms with Gasteiger partial charge in [0.25, 0.3) is 0 Å². The number of amides is 1. The van der Waals surface area contributed by atoms with E-state index in [4.69, 9.17) is 0 Å². The molecular formula is C15H14N2O3S. The van der Waals surface area contributed by atoms with E-state index < -0.39 is 5.97 Å². The molecule has 21 heavy (non-hydrogen) atoms. The first kappa shape index (κ1) is 13.8. The molecule has 0 spiro atoms. The van der Waals surface area contributed by atoms with E-state index in [1.807, 2.05) is 24.3 Å². The van der Waals surface area contributed by atoms with E-state index in [0.29, 0.717) is 17.1 Å². The minimum atomic E-state index is -1.05. The summed E-state index contributed by atoms with van der Waals surface area (Å²) in [7, 11) is 0. The van der Waals surface area contributed by atoms with Crippen molar-refractivity contribution in [3.8, 4) is 0 Å². The molecule has 0 saturated heterocycles. The van der Waals surface area contributed by atoms with Crippen LogP contribution in [0.15, 0.2) is 35.4 Å². The van der Waals surface area contributed by atoms with E-state index in [1.54, 1.807) is 18.7 Å². The summed E-state index contributed by atoms with van der Waals surface area (Å²) in [6.45, 7) is 1.67. The van der Waals surface area contributed by atoms with Crippen LogP contribution in [0.4, 0.5) is 5.69 Å². The summed E-state index contributed by atoms with van der Waals surface area (Å²) in [5, 5.41) is 11.9. The second-order valence-corrected chi connectivity index (χ2v) is 5.96. The molecule has 1 aromatic carbocycles. The number of anilines is 1. The second kappa shape index (κ2) is 5.29. The highest BCUT2D eigenvalue weighted by atomic mass is 32.2. The Hall–Kier alpha value is -2.21. The number of H-pyrrole nitrogens is 1. The SMILES string of the molecule is Cc1[nH]cc(NC(=O)C2CSc3ccccc32)c1C(=O)O. The Morgan fingerprint density at radius 2 is 2.14 bits per heavy atom. The lowest BCUT2D eigenvalue weighted by atomic mass is 10.0. The highest BCUT2D eigenvalue weighted by Gasteiger charge is 2.30. The van der Waals surface area contributed by atoms with Crippen LogP contribution in [0.25, 0.3) is 0 Å². The topological polar surface area (TPSA) is 82.2 Å². The molecule has 1 aliphatic rings. The lowest BCUT2D eigenvalue weighted by Crippen LogP contribution is -2.21. The molecule has 3 N–H and O–H groups in total. The number of carboxylic acid groups (broad SMARTS) is 1. The standard InChI is InChI=1S/C15H14N2O3S/c1-8-13(15(19)20)11(6-16-8)17-14(18)10-7-21-12-5-3-2-4-9(10)12/h2-6,10,16H,7H2,1H3,(H,17,18)(H,19,20). The summed E-state index contributed by atoms with van der Waals surface area (Å²) in [6.07, 6.45) is 1.52. The molecule has 0 bridgehead atoms. The van der Waals surface area contributed by atoms with Gasteiger partial charge in [-0.05, 0) is 18.6 Å². The van der Waals surface area contributed by atoms with Crippen LogP contribution in [0.3, 0.4) is 0 Å². The maximum atomic E-state index is 12.4. The van der Waals surface area contributed by atoms with Crippen molar-refractivity contribution in [2.24, 2.45) is 0 Å². The molecule has 0 radical (unpaired) electrons. The second-order valence-electron chi connectivity index (χ2n) is 4.90. The summed E-state index contributed by atoms with van der Waals surface area (Å²) in [5.74, 6) is -0.793.